The smallest absolute Gasteiger partial charge is 0.0967 e. The van der Waals surface area contributed by atoms with Crippen molar-refractivity contribution in [3.05, 3.63) is 78.5 Å². The molecule has 0 fully saturated rings. The molecule has 2 aromatic carbocycles. The van der Waals surface area contributed by atoms with E-state index >= 15 is 0 Å². The highest BCUT2D eigenvalue weighted by Gasteiger charge is 2.07. The number of rotatable bonds is 3. The van der Waals surface area contributed by atoms with Crippen LogP contribution >= 0.6 is 0 Å². The van der Waals surface area contributed by atoms with Crippen molar-refractivity contribution in [2.45, 2.75) is 6.92 Å². The van der Waals surface area contributed by atoms with E-state index in [0.29, 0.717) is 0 Å². The van der Waals surface area contributed by atoms with Gasteiger partial charge in [0.25, 0.3) is 0 Å². The maximum atomic E-state index is 4.81. The minimum Gasteiger partial charge on any atom is -0.254 e. The molecule has 0 bridgehead atoms. The summed E-state index contributed by atoms with van der Waals surface area (Å²) in [6, 6.07) is 18.2. The predicted octanol–water partition coefficient (Wildman–Crippen LogP) is 5.02. The summed E-state index contributed by atoms with van der Waals surface area (Å²) in [5.74, 6) is 0. The lowest BCUT2D eigenvalue weighted by Gasteiger charge is -2.07. The van der Waals surface area contributed by atoms with Crippen LogP contribution in [0.4, 0.5) is 5.69 Å². The first kappa shape index (κ1) is 13.3. The molecule has 1 aromatic heterocycles. The van der Waals surface area contributed by atoms with Crippen LogP contribution in [0, 0.1) is 0 Å². The molecule has 0 aliphatic rings. The van der Waals surface area contributed by atoms with E-state index in [-0.39, 0.29) is 0 Å². The highest BCUT2D eigenvalue weighted by Crippen LogP contribution is 2.30. The third kappa shape index (κ3) is 2.61. The second kappa shape index (κ2) is 5.71. The van der Waals surface area contributed by atoms with Crippen molar-refractivity contribution in [1.29, 1.82) is 0 Å². The van der Waals surface area contributed by atoms with Gasteiger partial charge in [-0.2, -0.15) is 0 Å². The van der Waals surface area contributed by atoms with Crippen LogP contribution in [-0.4, -0.2) is 10.7 Å². The Balaban J connectivity index is 2.21. The Labute approximate surface area is 124 Å². The van der Waals surface area contributed by atoms with E-state index in [9.17, 15) is 0 Å². The summed E-state index contributed by atoms with van der Waals surface area (Å²) < 4.78 is 0. The van der Waals surface area contributed by atoms with Gasteiger partial charge in [0.05, 0.1) is 11.2 Å². The monoisotopic (exact) mass is 272 g/mol. The number of pyridine rings is 1. The van der Waals surface area contributed by atoms with Crippen molar-refractivity contribution in [2.24, 2.45) is 4.99 Å². The van der Waals surface area contributed by atoms with Gasteiger partial charge < -0.3 is 0 Å². The summed E-state index contributed by atoms with van der Waals surface area (Å²) >= 11 is 0. The highest BCUT2D eigenvalue weighted by molar-refractivity contribution is 6.03. The second-order valence-corrected chi connectivity index (χ2v) is 4.85. The molecule has 102 valence electrons. The lowest BCUT2D eigenvalue weighted by Crippen LogP contribution is -1.94. The van der Waals surface area contributed by atoms with Crippen molar-refractivity contribution >= 4 is 28.4 Å². The maximum absolute atomic E-state index is 4.81. The van der Waals surface area contributed by atoms with Gasteiger partial charge >= 0.3 is 0 Å². The average molecular weight is 272 g/mol. The van der Waals surface area contributed by atoms with E-state index in [4.69, 9.17) is 4.99 Å². The molecule has 0 aliphatic heterocycles. The van der Waals surface area contributed by atoms with Gasteiger partial charge in [-0.1, -0.05) is 61.2 Å². The molecule has 3 rings (SSSR count). The Morgan fingerprint density at radius 1 is 1.05 bits per heavy atom. The highest BCUT2D eigenvalue weighted by atomic mass is 14.8. The zero-order chi connectivity index (χ0) is 14.7. The first-order valence-corrected chi connectivity index (χ1v) is 6.90. The molecule has 3 aromatic rings. The van der Waals surface area contributed by atoms with Gasteiger partial charge in [-0.25, -0.2) is 0 Å². The minimum absolute atomic E-state index is 0.879. The zero-order valence-electron chi connectivity index (χ0n) is 12.0. The molecule has 0 N–H and O–H groups in total. The Morgan fingerprint density at radius 2 is 1.86 bits per heavy atom. The minimum atomic E-state index is 0.879. The molecule has 0 unspecified atom stereocenters. The molecular weight excluding hydrogens is 256 g/mol. The summed E-state index contributed by atoms with van der Waals surface area (Å²) in [6.45, 7) is 5.90. The lowest BCUT2D eigenvalue weighted by atomic mass is 10.1. The van der Waals surface area contributed by atoms with Crippen LogP contribution in [0.15, 0.2) is 72.4 Å². The standard InChI is InChI=1S/C19H16N2/c1-3-15-11-12-17-10-7-13-20-18(17)19(15)21-14(2)16-8-5-4-6-9-16/h3-13H,1H2,2H3/b21-14+. The Hall–Kier alpha value is -2.74. The largest absolute Gasteiger partial charge is 0.254 e. The van der Waals surface area contributed by atoms with Crippen LogP contribution in [0.3, 0.4) is 0 Å². The topological polar surface area (TPSA) is 25.2 Å². The summed E-state index contributed by atoms with van der Waals surface area (Å²) in [6.07, 6.45) is 3.62. The third-order valence-corrected chi connectivity index (χ3v) is 3.47. The predicted molar refractivity (Wildman–Crippen MR) is 90.1 cm³/mol. The number of hydrogen-bond acceptors (Lipinski definition) is 2. The SMILES string of the molecule is C=Cc1ccc2cccnc2c1/N=C(\C)c1ccccc1. The Kier molecular flexibility index (Phi) is 3.61. The molecule has 0 aliphatic carbocycles. The first-order valence-electron chi connectivity index (χ1n) is 6.90. The van der Waals surface area contributed by atoms with Crippen molar-refractivity contribution in [3.8, 4) is 0 Å². The van der Waals surface area contributed by atoms with Gasteiger partial charge in [0.15, 0.2) is 0 Å². The normalized spacial score (nSPS) is 11.6. The van der Waals surface area contributed by atoms with Crippen LogP contribution in [-0.2, 0) is 0 Å². The number of fused-ring (bicyclic) bond motifs is 1. The van der Waals surface area contributed by atoms with Gasteiger partial charge in [-0.15, -0.1) is 0 Å². The van der Waals surface area contributed by atoms with Crippen LogP contribution in [0.25, 0.3) is 17.0 Å². The number of nitrogens with zero attached hydrogens (tertiary/aromatic N) is 2. The summed E-state index contributed by atoms with van der Waals surface area (Å²) in [4.78, 5) is 9.29. The molecular formula is C19H16N2. The fourth-order valence-corrected chi connectivity index (χ4v) is 2.34. The maximum Gasteiger partial charge on any atom is 0.0967 e. The lowest BCUT2D eigenvalue weighted by molar-refractivity contribution is 1.38. The molecule has 1 heterocycles. The van der Waals surface area contributed by atoms with Crippen molar-refractivity contribution < 1.29 is 0 Å². The summed E-state index contributed by atoms with van der Waals surface area (Å²) in [7, 11) is 0. The fourth-order valence-electron chi connectivity index (χ4n) is 2.34. The first-order chi connectivity index (χ1) is 10.3. The van der Waals surface area contributed by atoms with Crippen LogP contribution < -0.4 is 0 Å². The van der Waals surface area contributed by atoms with E-state index in [1.54, 1.807) is 6.20 Å². The van der Waals surface area contributed by atoms with Crippen molar-refractivity contribution in [1.82, 2.24) is 4.98 Å². The number of hydrogen-bond donors (Lipinski definition) is 0. The summed E-state index contributed by atoms with van der Waals surface area (Å²) in [5, 5.41) is 1.09. The third-order valence-electron chi connectivity index (χ3n) is 3.47. The molecule has 0 amide bonds. The molecule has 0 saturated heterocycles. The number of aliphatic imine (C=N–C) groups is 1. The van der Waals surface area contributed by atoms with Crippen LogP contribution in [0.5, 0.6) is 0 Å². The van der Waals surface area contributed by atoms with Crippen LogP contribution in [0.1, 0.15) is 18.1 Å². The van der Waals surface area contributed by atoms with E-state index in [2.05, 4.69) is 29.8 Å². The van der Waals surface area contributed by atoms with Gasteiger partial charge in [0, 0.05) is 22.9 Å². The Morgan fingerprint density at radius 3 is 2.62 bits per heavy atom. The van der Waals surface area contributed by atoms with E-state index in [0.717, 1.165) is 33.4 Å². The van der Waals surface area contributed by atoms with E-state index in [1.807, 2.05) is 49.4 Å². The number of benzene rings is 2. The second-order valence-electron chi connectivity index (χ2n) is 4.85. The molecule has 0 radical (unpaired) electrons. The van der Waals surface area contributed by atoms with Crippen molar-refractivity contribution in [3.63, 3.8) is 0 Å². The molecule has 2 heteroatoms. The molecule has 0 saturated carbocycles. The quantitative estimate of drug-likeness (QED) is 0.615. The van der Waals surface area contributed by atoms with Crippen LogP contribution in [0.2, 0.25) is 0 Å². The van der Waals surface area contributed by atoms with E-state index < -0.39 is 0 Å². The van der Waals surface area contributed by atoms with Gasteiger partial charge in [-0.3, -0.25) is 9.98 Å². The van der Waals surface area contributed by atoms with Gasteiger partial charge in [-0.05, 0) is 18.6 Å². The summed E-state index contributed by atoms with van der Waals surface area (Å²) in [5.41, 5.74) is 4.86. The van der Waals surface area contributed by atoms with E-state index in [1.165, 1.54) is 0 Å². The molecule has 2 nitrogen and oxygen atoms in total. The fraction of sp³-hybridized carbons (Fsp3) is 0.0526. The molecule has 0 atom stereocenters. The average Bonchev–Trinajstić information content (AvgIpc) is 2.56. The Bertz CT molecular complexity index is 817. The van der Waals surface area contributed by atoms with Crippen molar-refractivity contribution in [2.75, 3.05) is 0 Å². The molecule has 0 spiro atoms. The molecule has 21 heavy (non-hydrogen) atoms. The number of aromatic nitrogens is 1. The van der Waals surface area contributed by atoms with Gasteiger partial charge in [0.1, 0.15) is 0 Å². The van der Waals surface area contributed by atoms with Gasteiger partial charge in [0.2, 0.25) is 0 Å². The zero-order valence-corrected chi connectivity index (χ0v) is 12.0.